The molecule has 1 heterocycles. The molecule has 1 atom stereocenters. The number of ether oxygens (including phenoxy) is 1. The fraction of sp³-hybridized carbons (Fsp3) is 0.571. The highest BCUT2D eigenvalue weighted by molar-refractivity contribution is 5.85. The van der Waals surface area contributed by atoms with Crippen LogP contribution in [0.25, 0.3) is 0 Å². The van der Waals surface area contributed by atoms with Gasteiger partial charge in [0.05, 0.1) is 12.3 Å². The molecule has 0 radical (unpaired) electrons. The Morgan fingerprint density at radius 3 is 2.83 bits per heavy atom. The number of cyclic esters (lactones) is 1. The summed E-state index contributed by atoms with van der Waals surface area (Å²) >= 11 is 0. The first kappa shape index (κ1) is 14.5. The van der Waals surface area contributed by atoms with Crippen LogP contribution < -0.4 is 0 Å². The first-order chi connectivity index (χ1) is 8.54. The maximum absolute atomic E-state index is 12.1. The maximum atomic E-state index is 12.1. The molecule has 1 aliphatic heterocycles. The van der Waals surface area contributed by atoms with Crippen LogP contribution in [0.2, 0.25) is 0 Å². The predicted octanol–water partition coefficient (Wildman–Crippen LogP) is 2.27. The van der Waals surface area contributed by atoms with Gasteiger partial charge < -0.3 is 9.64 Å². The first-order valence-electron chi connectivity index (χ1n) is 6.29. The smallest absolute Gasteiger partial charge is 0.311 e. The number of rotatable bonds is 6. The molecular formula is C14H21NO3. The summed E-state index contributed by atoms with van der Waals surface area (Å²) in [5.41, 5.74) is 0. The molecule has 1 rings (SSSR count). The van der Waals surface area contributed by atoms with Crippen LogP contribution >= 0.6 is 0 Å². The van der Waals surface area contributed by atoms with Crippen molar-refractivity contribution in [1.29, 1.82) is 0 Å². The van der Waals surface area contributed by atoms with Gasteiger partial charge in [-0.05, 0) is 19.3 Å². The lowest BCUT2D eigenvalue weighted by atomic mass is 9.96. The molecule has 1 saturated heterocycles. The van der Waals surface area contributed by atoms with E-state index in [4.69, 9.17) is 4.74 Å². The van der Waals surface area contributed by atoms with Crippen molar-refractivity contribution in [3.05, 3.63) is 25.0 Å². The number of carbonyl (C=O) groups excluding carboxylic acids is 2. The number of hydrogen-bond donors (Lipinski definition) is 0. The molecule has 18 heavy (non-hydrogen) atoms. The summed E-state index contributed by atoms with van der Waals surface area (Å²) in [6, 6.07) is 0. The van der Waals surface area contributed by atoms with Crippen LogP contribution in [0, 0.1) is 5.92 Å². The minimum Gasteiger partial charge on any atom is -0.432 e. The van der Waals surface area contributed by atoms with Gasteiger partial charge in [-0.3, -0.25) is 9.59 Å². The third kappa shape index (κ3) is 4.35. The van der Waals surface area contributed by atoms with Crippen molar-refractivity contribution < 1.29 is 14.3 Å². The Balaban J connectivity index is 2.40. The van der Waals surface area contributed by atoms with Gasteiger partial charge in [0.1, 0.15) is 5.76 Å². The van der Waals surface area contributed by atoms with E-state index in [1.165, 1.54) is 0 Å². The van der Waals surface area contributed by atoms with Crippen molar-refractivity contribution in [2.75, 3.05) is 13.6 Å². The highest BCUT2D eigenvalue weighted by Gasteiger charge is 2.30. The van der Waals surface area contributed by atoms with Crippen LogP contribution in [0.5, 0.6) is 0 Å². The summed E-state index contributed by atoms with van der Waals surface area (Å²) in [5, 5.41) is 0. The van der Waals surface area contributed by atoms with Crippen LogP contribution in [-0.4, -0.2) is 30.4 Å². The zero-order valence-corrected chi connectivity index (χ0v) is 11.0. The van der Waals surface area contributed by atoms with Crippen molar-refractivity contribution in [2.24, 2.45) is 5.92 Å². The van der Waals surface area contributed by atoms with Crippen LogP contribution in [-0.2, 0) is 14.3 Å². The summed E-state index contributed by atoms with van der Waals surface area (Å²) in [6.07, 6.45) is 5.43. The summed E-state index contributed by atoms with van der Waals surface area (Å²) in [7, 11) is 1.78. The van der Waals surface area contributed by atoms with Gasteiger partial charge in [0, 0.05) is 20.0 Å². The molecule has 1 fully saturated rings. The molecule has 0 saturated carbocycles. The minimum atomic E-state index is -0.357. The number of nitrogens with zero attached hydrogens (tertiary/aromatic N) is 1. The van der Waals surface area contributed by atoms with Crippen molar-refractivity contribution in [3.63, 3.8) is 0 Å². The quantitative estimate of drug-likeness (QED) is 0.413. The summed E-state index contributed by atoms with van der Waals surface area (Å²) in [6.45, 7) is 7.99. The first-order valence-corrected chi connectivity index (χ1v) is 6.29. The number of amides is 1. The molecule has 1 unspecified atom stereocenters. The SMILES string of the molecule is C=CCCCCN(C)C(=O)C1CC(=C)OC(=O)C1. The highest BCUT2D eigenvalue weighted by Crippen LogP contribution is 2.24. The molecule has 100 valence electrons. The van der Waals surface area contributed by atoms with Gasteiger partial charge in [-0.25, -0.2) is 0 Å². The zero-order valence-electron chi connectivity index (χ0n) is 11.0. The molecule has 0 spiro atoms. The predicted molar refractivity (Wildman–Crippen MR) is 69.6 cm³/mol. The van der Waals surface area contributed by atoms with Crippen molar-refractivity contribution in [1.82, 2.24) is 4.90 Å². The molecule has 0 aromatic carbocycles. The molecule has 1 amide bonds. The molecule has 4 heteroatoms. The Hall–Kier alpha value is -1.58. The fourth-order valence-corrected chi connectivity index (χ4v) is 2.03. The molecule has 1 aliphatic rings. The highest BCUT2D eigenvalue weighted by atomic mass is 16.5. The van der Waals surface area contributed by atoms with Gasteiger partial charge in [0.15, 0.2) is 0 Å². The Morgan fingerprint density at radius 2 is 2.22 bits per heavy atom. The van der Waals surface area contributed by atoms with E-state index in [2.05, 4.69) is 13.2 Å². The minimum absolute atomic E-state index is 0.00593. The molecule has 0 bridgehead atoms. The molecule has 0 aliphatic carbocycles. The molecule has 0 N–H and O–H groups in total. The van der Waals surface area contributed by atoms with E-state index in [1.807, 2.05) is 6.08 Å². The molecule has 4 nitrogen and oxygen atoms in total. The van der Waals surface area contributed by atoms with E-state index < -0.39 is 0 Å². The van der Waals surface area contributed by atoms with Gasteiger partial charge in [0.2, 0.25) is 5.91 Å². The summed E-state index contributed by atoms with van der Waals surface area (Å²) in [5.74, 6) is -0.260. The van der Waals surface area contributed by atoms with Crippen LogP contribution in [0.1, 0.15) is 32.1 Å². The summed E-state index contributed by atoms with van der Waals surface area (Å²) < 4.78 is 4.84. The van der Waals surface area contributed by atoms with Gasteiger partial charge >= 0.3 is 5.97 Å². The molecule has 0 aromatic heterocycles. The third-order valence-electron chi connectivity index (χ3n) is 3.02. The van der Waals surface area contributed by atoms with Gasteiger partial charge in [0.25, 0.3) is 0 Å². The second kappa shape index (κ2) is 6.99. The second-order valence-electron chi connectivity index (χ2n) is 4.66. The van der Waals surface area contributed by atoms with E-state index in [0.29, 0.717) is 18.7 Å². The Morgan fingerprint density at radius 1 is 1.50 bits per heavy atom. The van der Waals surface area contributed by atoms with Crippen LogP contribution in [0.3, 0.4) is 0 Å². The monoisotopic (exact) mass is 251 g/mol. The maximum Gasteiger partial charge on any atom is 0.311 e. The van der Waals surface area contributed by atoms with E-state index in [-0.39, 0.29) is 24.2 Å². The lowest BCUT2D eigenvalue weighted by Crippen LogP contribution is -2.37. The van der Waals surface area contributed by atoms with Gasteiger partial charge in [-0.15, -0.1) is 6.58 Å². The van der Waals surface area contributed by atoms with Crippen molar-refractivity contribution >= 4 is 11.9 Å². The van der Waals surface area contributed by atoms with Gasteiger partial charge in [-0.2, -0.15) is 0 Å². The average molecular weight is 251 g/mol. The van der Waals surface area contributed by atoms with Gasteiger partial charge in [-0.1, -0.05) is 12.7 Å². The van der Waals surface area contributed by atoms with Crippen molar-refractivity contribution in [3.8, 4) is 0 Å². The molecular weight excluding hydrogens is 230 g/mol. The second-order valence-corrected chi connectivity index (χ2v) is 4.66. The van der Waals surface area contributed by atoms with Crippen LogP contribution in [0.15, 0.2) is 25.0 Å². The van der Waals surface area contributed by atoms with E-state index >= 15 is 0 Å². The lowest BCUT2D eigenvalue weighted by molar-refractivity contribution is -0.149. The zero-order chi connectivity index (χ0) is 13.5. The Kier molecular flexibility index (Phi) is 5.62. The number of hydrogen-bond acceptors (Lipinski definition) is 3. The van der Waals surface area contributed by atoms with E-state index in [1.54, 1.807) is 11.9 Å². The Labute approximate surface area is 108 Å². The number of esters is 1. The average Bonchev–Trinajstić information content (AvgIpc) is 2.32. The topological polar surface area (TPSA) is 46.6 Å². The number of carbonyl (C=O) groups is 2. The van der Waals surface area contributed by atoms with E-state index in [0.717, 1.165) is 19.3 Å². The van der Waals surface area contributed by atoms with Crippen LogP contribution in [0.4, 0.5) is 0 Å². The Bertz CT molecular complexity index is 333. The van der Waals surface area contributed by atoms with E-state index in [9.17, 15) is 9.59 Å². The van der Waals surface area contributed by atoms with Crippen molar-refractivity contribution in [2.45, 2.75) is 32.1 Å². The lowest BCUT2D eigenvalue weighted by Gasteiger charge is -2.26. The fourth-order valence-electron chi connectivity index (χ4n) is 2.03. The summed E-state index contributed by atoms with van der Waals surface area (Å²) in [4.78, 5) is 25.0. The molecule has 0 aromatic rings. The third-order valence-corrected chi connectivity index (χ3v) is 3.02. The largest absolute Gasteiger partial charge is 0.432 e. The standard InChI is InChI=1S/C14H21NO3/c1-4-5-6-7-8-15(3)14(17)12-9-11(2)18-13(16)10-12/h4,12H,1-2,5-10H2,3H3. The number of allylic oxidation sites excluding steroid dienone is 2. The normalized spacial score (nSPS) is 19.3. The number of unbranched alkanes of at least 4 members (excludes halogenated alkanes) is 2.